The minimum atomic E-state index is -0.0277. The van der Waals surface area contributed by atoms with E-state index in [1.807, 2.05) is 17.9 Å². The number of hydrogen-bond donors (Lipinski definition) is 1. The molecule has 2 N–H and O–H groups in total. The third kappa shape index (κ3) is 3.16. The van der Waals surface area contributed by atoms with Crippen molar-refractivity contribution in [2.45, 2.75) is 26.3 Å². The van der Waals surface area contributed by atoms with Gasteiger partial charge in [0.15, 0.2) is 0 Å². The number of rotatable bonds is 6. The number of aromatic nitrogens is 1. The van der Waals surface area contributed by atoms with Crippen molar-refractivity contribution in [3.8, 4) is 0 Å². The first kappa shape index (κ1) is 15.7. The molecule has 0 saturated heterocycles. The topological polar surface area (TPSA) is 68.5 Å². The molecule has 0 bridgehead atoms. The van der Waals surface area contributed by atoms with Gasteiger partial charge in [0.1, 0.15) is 4.88 Å². The summed E-state index contributed by atoms with van der Waals surface area (Å²) in [5.41, 5.74) is 6.70. The molecule has 1 amide bonds. The first-order valence-corrected chi connectivity index (χ1v) is 7.83. The standard InChI is InChI=1S/C15H21N3O2S/c1-4-10(2)18(7-8-20-3)15(19)14-13(16)11-5-6-17-9-12(11)21-14/h5-6,9-10H,4,7-8,16H2,1-3H3. The zero-order chi connectivity index (χ0) is 15.4. The normalized spacial score (nSPS) is 12.5. The fourth-order valence-corrected chi connectivity index (χ4v) is 3.24. The van der Waals surface area contributed by atoms with Crippen LogP contribution in [-0.4, -0.2) is 42.1 Å². The fraction of sp³-hybridized carbons (Fsp3) is 0.467. The Morgan fingerprint density at radius 2 is 2.33 bits per heavy atom. The van der Waals surface area contributed by atoms with E-state index in [1.165, 1.54) is 11.3 Å². The summed E-state index contributed by atoms with van der Waals surface area (Å²) in [7, 11) is 1.64. The largest absolute Gasteiger partial charge is 0.397 e. The summed E-state index contributed by atoms with van der Waals surface area (Å²) in [5, 5.41) is 0.897. The maximum atomic E-state index is 12.8. The summed E-state index contributed by atoms with van der Waals surface area (Å²) < 4.78 is 6.05. The van der Waals surface area contributed by atoms with Gasteiger partial charge in [0.05, 0.1) is 17.0 Å². The van der Waals surface area contributed by atoms with E-state index in [0.29, 0.717) is 23.7 Å². The molecule has 6 heteroatoms. The number of pyridine rings is 1. The molecule has 0 saturated carbocycles. The molecule has 21 heavy (non-hydrogen) atoms. The number of nitrogen functional groups attached to an aromatic ring is 1. The van der Waals surface area contributed by atoms with E-state index in [4.69, 9.17) is 10.5 Å². The van der Waals surface area contributed by atoms with Gasteiger partial charge >= 0.3 is 0 Å². The smallest absolute Gasteiger partial charge is 0.266 e. The van der Waals surface area contributed by atoms with Crippen molar-refractivity contribution in [3.05, 3.63) is 23.3 Å². The van der Waals surface area contributed by atoms with E-state index < -0.39 is 0 Å². The van der Waals surface area contributed by atoms with Crippen molar-refractivity contribution >= 4 is 33.0 Å². The Morgan fingerprint density at radius 1 is 1.57 bits per heavy atom. The molecule has 1 unspecified atom stereocenters. The molecular formula is C15H21N3O2S. The predicted octanol–water partition coefficient (Wildman–Crippen LogP) is 2.77. The van der Waals surface area contributed by atoms with Gasteiger partial charge in [-0.25, -0.2) is 0 Å². The van der Waals surface area contributed by atoms with E-state index in [9.17, 15) is 4.79 Å². The lowest BCUT2D eigenvalue weighted by Gasteiger charge is -2.28. The molecule has 0 aliphatic heterocycles. The van der Waals surface area contributed by atoms with Crippen LogP contribution in [0, 0.1) is 0 Å². The second-order valence-electron chi connectivity index (χ2n) is 4.97. The van der Waals surface area contributed by atoms with E-state index in [0.717, 1.165) is 16.5 Å². The van der Waals surface area contributed by atoms with Crippen molar-refractivity contribution in [3.63, 3.8) is 0 Å². The molecule has 0 aliphatic carbocycles. The van der Waals surface area contributed by atoms with Crippen LogP contribution >= 0.6 is 11.3 Å². The van der Waals surface area contributed by atoms with Gasteiger partial charge in [-0.1, -0.05) is 6.92 Å². The summed E-state index contributed by atoms with van der Waals surface area (Å²) in [4.78, 5) is 19.3. The van der Waals surface area contributed by atoms with Gasteiger partial charge in [-0.15, -0.1) is 11.3 Å². The van der Waals surface area contributed by atoms with Crippen LogP contribution in [0.4, 0.5) is 5.69 Å². The molecular weight excluding hydrogens is 286 g/mol. The van der Waals surface area contributed by atoms with Gasteiger partial charge < -0.3 is 15.4 Å². The number of fused-ring (bicyclic) bond motifs is 1. The fourth-order valence-electron chi connectivity index (χ4n) is 2.19. The first-order valence-electron chi connectivity index (χ1n) is 7.02. The van der Waals surface area contributed by atoms with Gasteiger partial charge in [-0.2, -0.15) is 0 Å². The van der Waals surface area contributed by atoms with E-state index in [-0.39, 0.29) is 11.9 Å². The number of amides is 1. The van der Waals surface area contributed by atoms with Crippen molar-refractivity contribution < 1.29 is 9.53 Å². The van der Waals surface area contributed by atoms with E-state index in [2.05, 4.69) is 11.9 Å². The number of nitrogens with zero attached hydrogens (tertiary/aromatic N) is 2. The Kier molecular flexibility index (Phi) is 5.14. The molecule has 2 aromatic rings. The Hall–Kier alpha value is -1.66. The lowest BCUT2D eigenvalue weighted by atomic mass is 10.2. The highest BCUT2D eigenvalue weighted by atomic mass is 32.1. The predicted molar refractivity (Wildman–Crippen MR) is 86.7 cm³/mol. The van der Waals surface area contributed by atoms with Crippen LogP contribution in [0.2, 0.25) is 0 Å². The number of thiophene rings is 1. The highest BCUT2D eigenvalue weighted by molar-refractivity contribution is 7.21. The molecule has 2 heterocycles. The molecule has 2 aromatic heterocycles. The van der Waals surface area contributed by atoms with Crippen LogP contribution in [0.3, 0.4) is 0 Å². The van der Waals surface area contributed by atoms with Crippen LogP contribution in [0.5, 0.6) is 0 Å². The second-order valence-corrected chi connectivity index (χ2v) is 6.02. The lowest BCUT2D eigenvalue weighted by molar-refractivity contribution is 0.0620. The Morgan fingerprint density at radius 3 is 2.95 bits per heavy atom. The molecule has 114 valence electrons. The first-order chi connectivity index (χ1) is 10.1. The Labute approximate surface area is 128 Å². The molecule has 0 radical (unpaired) electrons. The minimum absolute atomic E-state index is 0.0277. The maximum absolute atomic E-state index is 12.8. The third-order valence-electron chi connectivity index (χ3n) is 3.65. The van der Waals surface area contributed by atoms with Crippen molar-refractivity contribution in [2.75, 3.05) is 26.0 Å². The number of carbonyl (C=O) groups excluding carboxylic acids is 1. The third-order valence-corrected chi connectivity index (χ3v) is 4.79. The number of hydrogen-bond acceptors (Lipinski definition) is 5. The van der Waals surface area contributed by atoms with E-state index in [1.54, 1.807) is 19.5 Å². The van der Waals surface area contributed by atoms with Crippen LogP contribution in [0.25, 0.3) is 10.1 Å². The lowest BCUT2D eigenvalue weighted by Crippen LogP contribution is -2.40. The average Bonchev–Trinajstić information content (AvgIpc) is 2.84. The highest BCUT2D eigenvalue weighted by Gasteiger charge is 2.24. The van der Waals surface area contributed by atoms with Gasteiger partial charge in [-0.05, 0) is 19.4 Å². The number of anilines is 1. The van der Waals surface area contributed by atoms with Crippen molar-refractivity contribution in [2.24, 2.45) is 0 Å². The zero-order valence-corrected chi connectivity index (χ0v) is 13.4. The zero-order valence-electron chi connectivity index (χ0n) is 12.6. The molecule has 0 spiro atoms. The van der Waals surface area contributed by atoms with Crippen molar-refractivity contribution in [1.82, 2.24) is 9.88 Å². The second kappa shape index (κ2) is 6.87. The molecule has 2 rings (SSSR count). The van der Waals surface area contributed by atoms with Gasteiger partial charge in [0, 0.05) is 37.5 Å². The minimum Gasteiger partial charge on any atom is -0.397 e. The molecule has 0 fully saturated rings. The van der Waals surface area contributed by atoms with Gasteiger partial charge in [0.2, 0.25) is 0 Å². The van der Waals surface area contributed by atoms with Crippen LogP contribution in [0.15, 0.2) is 18.5 Å². The summed E-state index contributed by atoms with van der Waals surface area (Å²) in [5.74, 6) is -0.0277. The van der Waals surface area contributed by atoms with Gasteiger partial charge in [-0.3, -0.25) is 9.78 Å². The number of nitrogens with two attached hydrogens (primary N) is 1. The van der Waals surface area contributed by atoms with Gasteiger partial charge in [0.25, 0.3) is 5.91 Å². The molecule has 0 aromatic carbocycles. The summed E-state index contributed by atoms with van der Waals surface area (Å²) in [6.07, 6.45) is 4.33. The Balaban J connectivity index is 2.35. The summed E-state index contributed by atoms with van der Waals surface area (Å²) in [6, 6.07) is 2.00. The van der Waals surface area contributed by atoms with Crippen LogP contribution in [0.1, 0.15) is 29.9 Å². The highest BCUT2D eigenvalue weighted by Crippen LogP contribution is 2.34. The van der Waals surface area contributed by atoms with E-state index >= 15 is 0 Å². The number of methoxy groups -OCH3 is 1. The average molecular weight is 307 g/mol. The number of ether oxygens (including phenoxy) is 1. The quantitative estimate of drug-likeness (QED) is 0.891. The molecule has 0 aliphatic rings. The SMILES string of the molecule is CCC(C)N(CCOC)C(=O)c1sc2cnccc2c1N. The molecule has 5 nitrogen and oxygen atoms in total. The number of carbonyl (C=O) groups is 1. The van der Waals surface area contributed by atoms with Crippen LogP contribution in [-0.2, 0) is 4.74 Å². The van der Waals surface area contributed by atoms with Crippen molar-refractivity contribution in [1.29, 1.82) is 0 Å². The molecule has 1 atom stereocenters. The Bertz CT molecular complexity index is 626. The van der Waals surface area contributed by atoms with Crippen LogP contribution < -0.4 is 5.73 Å². The maximum Gasteiger partial charge on any atom is 0.266 e. The summed E-state index contributed by atoms with van der Waals surface area (Å²) >= 11 is 1.40. The summed E-state index contributed by atoms with van der Waals surface area (Å²) in [6.45, 7) is 5.19. The monoisotopic (exact) mass is 307 g/mol.